The van der Waals surface area contributed by atoms with E-state index in [-0.39, 0.29) is 18.4 Å². The number of benzene rings is 1. The van der Waals surface area contributed by atoms with Gasteiger partial charge in [0.05, 0.1) is 18.5 Å². The highest BCUT2D eigenvalue weighted by atomic mass is 19.4. The van der Waals surface area contributed by atoms with Crippen molar-refractivity contribution in [1.82, 2.24) is 9.88 Å². The maximum absolute atomic E-state index is 12.6. The van der Waals surface area contributed by atoms with E-state index in [0.29, 0.717) is 31.0 Å². The molecule has 0 aliphatic carbocycles. The third-order valence-electron chi connectivity index (χ3n) is 4.06. The largest absolute Gasteiger partial charge is 0.472 e. The predicted molar refractivity (Wildman–Crippen MR) is 85.0 cm³/mol. The van der Waals surface area contributed by atoms with Gasteiger partial charge in [-0.1, -0.05) is 18.2 Å². The fourth-order valence-electron chi connectivity index (χ4n) is 2.74. The third-order valence-corrected chi connectivity index (χ3v) is 4.06. The lowest BCUT2D eigenvalue weighted by Crippen LogP contribution is -2.32. The number of carbonyl (C=O) groups excluding carboxylic acids is 1. The zero-order valence-electron chi connectivity index (χ0n) is 13.4. The Balaban J connectivity index is 1.54. The lowest BCUT2D eigenvalue weighted by molar-refractivity contribution is -0.137. The Bertz CT molecular complexity index is 717. The number of ether oxygens (including phenoxy) is 1. The summed E-state index contributed by atoms with van der Waals surface area (Å²) in [4.78, 5) is 18.1. The molecule has 0 radical (unpaired) electrons. The lowest BCUT2D eigenvalue weighted by atomic mass is 10.1. The Labute approximate surface area is 143 Å². The van der Waals surface area contributed by atoms with Crippen LogP contribution in [0.3, 0.4) is 0 Å². The third kappa shape index (κ3) is 4.49. The number of carbonyl (C=O) groups is 1. The molecule has 0 N–H and O–H groups in total. The summed E-state index contributed by atoms with van der Waals surface area (Å²) in [7, 11) is 0. The van der Waals surface area contributed by atoms with Crippen LogP contribution >= 0.6 is 0 Å². The normalized spacial score (nSPS) is 17.6. The second-order valence-electron chi connectivity index (χ2n) is 5.91. The van der Waals surface area contributed by atoms with Crippen LogP contribution < -0.4 is 4.74 Å². The fraction of sp³-hybridized carbons (Fsp3) is 0.333. The Morgan fingerprint density at radius 3 is 2.60 bits per heavy atom. The number of hydrogen-bond donors (Lipinski definition) is 0. The molecule has 0 saturated carbocycles. The van der Waals surface area contributed by atoms with Crippen LogP contribution in [0, 0.1) is 0 Å². The van der Waals surface area contributed by atoms with Crippen LogP contribution in [0.5, 0.6) is 5.88 Å². The summed E-state index contributed by atoms with van der Waals surface area (Å²) in [6.07, 6.45) is -2.07. The van der Waals surface area contributed by atoms with Gasteiger partial charge in [-0.3, -0.25) is 4.79 Å². The Hall–Kier alpha value is -2.57. The molecule has 4 nitrogen and oxygen atoms in total. The number of likely N-dealkylation sites (tertiary alicyclic amines) is 1. The number of rotatable bonds is 4. The Kier molecular flexibility index (Phi) is 4.92. The molecule has 1 aliphatic heterocycles. The van der Waals surface area contributed by atoms with E-state index in [0.717, 1.165) is 12.1 Å². The van der Waals surface area contributed by atoms with Gasteiger partial charge >= 0.3 is 6.18 Å². The molecule has 1 fully saturated rings. The molecule has 1 aromatic carbocycles. The summed E-state index contributed by atoms with van der Waals surface area (Å²) in [5.41, 5.74) is -0.152. The van der Waals surface area contributed by atoms with Gasteiger partial charge < -0.3 is 9.64 Å². The van der Waals surface area contributed by atoms with Crippen molar-refractivity contribution in [3.05, 3.63) is 59.8 Å². The minimum Gasteiger partial charge on any atom is -0.472 e. The predicted octanol–water partition coefficient (Wildman–Crippen LogP) is 3.32. The van der Waals surface area contributed by atoms with Crippen molar-refractivity contribution in [2.45, 2.75) is 25.1 Å². The highest BCUT2D eigenvalue weighted by Crippen LogP contribution is 2.29. The molecule has 7 heteroatoms. The van der Waals surface area contributed by atoms with Crippen LogP contribution in [0.25, 0.3) is 0 Å². The molecule has 25 heavy (non-hydrogen) atoms. The van der Waals surface area contributed by atoms with E-state index in [1.54, 1.807) is 23.2 Å². The molecule has 132 valence electrons. The number of aromatic nitrogens is 1. The molecule has 0 bridgehead atoms. The quantitative estimate of drug-likeness (QED) is 0.850. The Morgan fingerprint density at radius 2 is 1.96 bits per heavy atom. The van der Waals surface area contributed by atoms with E-state index in [9.17, 15) is 18.0 Å². The van der Waals surface area contributed by atoms with Gasteiger partial charge in [0.1, 0.15) is 6.10 Å². The van der Waals surface area contributed by atoms with Crippen molar-refractivity contribution >= 4 is 5.91 Å². The summed E-state index contributed by atoms with van der Waals surface area (Å²) >= 11 is 0. The van der Waals surface area contributed by atoms with Crippen molar-refractivity contribution in [1.29, 1.82) is 0 Å². The van der Waals surface area contributed by atoms with E-state index in [2.05, 4.69) is 4.98 Å². The minimum atomic E-state index is -4.37. The van der Waals surface area contributed by atoms with Gasteiger partial charge in [-0.15, -0.1) is 0 Å². The molecular weight excluding hydrogens is 333 g/mol. The molecule has 1 atom stereocenters. The lowest BCUT2D eigenvalue weighted by Gasteiger charge is -2.17. The van der Waals surface area contributed by atoms with Crippen LogP contribution in [-0.2, 0) is 17.4 Å². The molecule has 1 unspecified atom stereocenters. The van der Waals surface area contributed by atoms with Crippen LogP contribution in [-0.4, -0.2) is 35.0 Å². The fourth-order valence-corrected chi connectivity index (χ4v) is 2.74. The van der Waals surface area contributed by atoms with E-state index >= 15 is 0 Å². The molecule has 3 rings (SSSR count). The van der Waals surface area contributed by atoms with Crippen molar-refractivity contribution in [2.24, 2.45) is 0 Å². The molecule has 1 aliphatic rings. The Morgan fingerprint density at radius 1 is 1.20 bits per heavy atom. The average molecular weight is 350 g/mol. The molecule has 2 heterocycles. The summed E-state index contributed by atoms with van der Waals surface area (Å²) in [6, 6.07) is 10.1. The number of halogens is 3. The maximum atomic E-state index is 12.6. The summed E-state index contributed by atoms with van der Waals surface area (Å²) < 4.78 is 43.4. The number of alkyl halides is 3. The standard InChI is InChI=1S/C18H17F3N2O2/c19-18(20,21)14-6-4-13(5-7-14)11-17(24)23-10-8-15(12-23)25-16-3-1-2-9-22-16/h1-7,9,15H,8,10-12H2. The second kappa shape index (κ2) is 7.13. The number of hydrogen-bond acceptors (Lipinski definition) is 3. The van der Waals surface area contributed by atoms with Crippen molar-refractivity contribution in [3.63, 3.8) is 0 Å². The highest BCUT2D eigenvalue weighted by Gasteiger charge is 2.30. The molecule has 1 amide bonds. The van der Waals surface area contributed by atoms with Crippen LogP contribution in [0.4, 0.5) is 13.2 Å². The minimum absolute atomic E-state index is 0.0778. The maximum Gasteiger partial charge on any atom is 0.416 e. The molecule has 1 saturated heterocycles. The van der Waals surface area contributed by atoms with Gasteiger partial charge in [0.25, 0.3) is 0 Å². The van der Waals surface area contributed by atoms with E-state index < -0.39 is 11.7 Å². The summed E-state index contributed by atoms with van der Waals surface area (Å²) in [5, 5.41) is 0. The van der Waals surface area contributed by atoms with Gasteiger partial charge in [0, 0.05) is 25.2 Å². The molecule has 0 spiro atoms. The number of nitrogens with zero attached hydrogens (tertiary/aromatic N) is 2. The first-order valence-electron chi connectivity index (χ1n) is 7.93. The zero-order valence-corrected chi connectivity index (χ0v) is 13.4. The summed E-state index contributed by atoms with van der Waals surface area (Å²) in [6.45, 7) is 1.02. The van der Waals surface area contributed by atoms with E-state index in [1.807, 2.05) is 6.07 Å². The van der Waals surface area contributed by atoms with Crippen molar-refractivity contribution in [2.75, 3.05) is 13.1 Å². The van der Waals surface area contributed by atoms with Gasteiger partial charge in [0.15, 0.2) is 0 Å². The SMILES string of the molecule is O=C(Cc1ccc(C(F)(F)F)cc1)N1CCC(Oc2ccccn2)C1. The first-order chi connectivity index (χ1) is 11.9. The molecular formula is C18H17F3N2O2. The van der Waals surface area contributed by atoms with Gasteiger partial charge in [0.2, 0.25) is 11.8 Å². The van der Waals surface area contributed by atoms with E-state index in [1.165, 1.54) is 12.1 Å². The highest BCUT2D eigenvalue weighted by molar-refractivity contribution is 5.79. The monoisotopic (exact) mass is 350 g/mol. The first-order valence-corrected chi connectivity index (χ1v) is 7.93. The van der Waals surface area contributed by atoms with Crippen LogP contribution in [0.1, 0.15) is 17.5 Å². The zero-order chi connectivity index (χ0) is 17.9. The van der Waals surface area contributed by atoms with Crippen LogP contribution in [0.15, 0.2) is 48.7 Å². The van der Waals surface area contributed by atoms with E-state index in [4.69, 9.17) is 4.74 Å². The van der Waals surface area contributed by atoms with Gasteiger partial charge in [-0.05, 0) is 23.8 Å². The van der Waals surface area contributed by atoms with Gasteiger partial charge in [-0.25, -0.2) is 4.98 Å². The van der Waals surface area contributed by atoms with Crippen molar-refractivity contribution in [3.8, 4) is 5.88 Å². The van der Waals surface area contributed by atoms with Crippen LogP contribution in [0.2, 0.25) is 0 Å². The second-order valence-corrected chi connectivity index (χ2v) is 5.91. The van der Waals surface area contributed by atoms with Crippen molar-refractivity contribution < 1.29 is 22.7 Å². The topological polar surface area (TPSA) is 42.4 Å². The van der Waals surface area contributed by atoms with Gasteiger partial charge in [-0.2, -0.15) is 13.2 Å². The number of pyridine rings is 1. The smallest absolute Gasteiger partial charge is 0.416 e. The first kappa shape index (κ1) is 17.3. The molecule has 1 aromatic heterocycles. The average Bonchev–Trinajstić information content (AvgIpc) is 3.04. The molecule has 2 aromatic rings. The summed E-state index contributed by atoms with van der Waals surface area (Å²) in [5.74, 6) is 0.399. The number of amides is 1.